The van der Waals surface area contributed by atoms with Crippen LogP contribution in [0.15, 0.2) is 12.2 Å². The summed E-state index contributed by atoms with van der Waals surface area (Å²) in [5.74, 6) is 3.22. The van der Waals surface area contributed by atoms with Gasteiger partial charge in [0.2, 0.25) is 0 Å². The van der Waals surface area contributed by atoms with Crippen LogP contribution in [0.3, 0.4) is 0 Å². The highest BCUT2D eigenvalue weighted by Gasteiger charge is 2.71. The minimum Gasteiger partial charge on any atom is -0.462 e. The molecule has 0 aromatic rings. The van der Waals surface area contributed by atoms with Gasteiger partial charge >= 0.3 is 5.97 Å². The molecular weight excluding hydrogens is 601 g/mol. The van der Waals surface area contributed by atoms with Crippen LogP contribution in [0.25, 0.3) is 0 Å². The Morgan fingerprint density at radius 1 is 0.694 bits per heavy atom. The van der Waals surface area contributed by atoms with E-state index in [4.69, 9.17) is 4.74 Å². The molecule has 0 bridgehead atoms. The van der Waals surface area contributed by atoms with Gasteiger partial charge in [0.1, 0.15) is 6.10 Å². The van der Waals surface area contributed by atoms with Gasteiger partial charge in [-0.1, -0.05) is 131 Å². The molecule has 0 aromatic heterocycles. The van der Waals surface area contributed by atoms with Crippen LogP contribution in [0, 0.1) is 56.7 Å². The van der Waals surface area contributed by atoms with Crippen LogP contribution < -0.4 is 0 Å². The van der Waals surface area contributed by atoms with E-state index in [1.165, 1.54) is 134 Å². The monoisotopic (exact) mass is 681 g/mol. The zero-order valence-electron chi connectivity index (χ0n) is 33.6. The van der Waals surface area contributed by atoms with E-state index in [-0.39, 0.29) is 28.3 Å². The van der Waals surface area contributed by atoms with Crippen molar-refractivity contribution in [3.8, 4) is 0 Å². The molecule has 0 heterocycles. The van der Waals surface area contributed by atoms with Crippen molar-refractivity contribution >= 4 is 5.97 Å². The second-order valence-electron chi connectivity index (χ2n) is 20.0. The summed E-state index contributed by atoms with van der Waals surface area (Å²) in [6, 6.07) is 0. The van der Waals surface area contributed by atoms with Gasteiger partial charge < -0.3 is 9.84 Å². The summed E-state index contributed by atoms with van der Waals surface area (Å²) in [6.07, 6.45) is 30.2. The predicted octanol–water partition coefficient (Wildman–Crippen LogP) is 13.0. The molecular formula is C46H80O3. The lowest BCUT2D eigenvalue weighted by Gasteiger charge is -2.73. The molecule has 0 saturated heterocycles. The maximum absolute atomic E-state index is 13.2. The molecule has 5 rings (SSSR count). The molecule has 5 aliphatic rings. The quantitative estimate of drug-likeness (QED) is 0.0945. The first-order chi connectivity index (χ1) is 23.3. The van der Waals surface area contributed by atoms with E-state index < -0.39 is 0 Å². The molecule has 5 fully saturated rings. The average Bonchev–Trinajstić information content (AvgIpc) is 3.45. The molecule has 3 heteroatoms. The zero-order chi connectivity index (χ0) is 35.5. The maximum atomic E-state index is 13.2. The number of carbonyl (C=O) groups excluding carboxylic acids is 1. The van der Waals surface area contributed by atoms with Gasteiger partial charge in [0.05, 0.1) is 0 Å². The third-order valence-corrected chi connectivity index (χ3v) is 17.3. The summed E-state index contributed by atoms with van der Waals surface area (Å²) < 4.78 is 6.41. The number of aliphatic hydroxyl groups excluding tert-OH is 1. The number of ether oxygens (including phenoxy) is 1. The van der Waals surface area contributed by atoms with Crippen LogP contribution in [0.2, 0.25) is 0 Å². The summed E-state index contributed by atoms with van der Waals surface area (Å²) in [5.41, 5.74) is 2.40. The number of carbonyl (C=O) groups is 1. The van der Waals surface area contributed by atoms with Crippen LogP contribution >= 0.6 is 0 Å². The van der Waals surface area contributed by atoms with Crippen LogP contribution in [-0.2, 0) is 9.53 Å². The minimum absolute atomic E-state index is 0.00680. The molecule has 49 heavy (non-hydrogen) atoms. The lowest BCUT2D eigenvalue weighted by Crippen LogP contribution is -2.67. The first-order valence-corrected chi connectivity index (χ1v) is 21.8. The Balaban J connectivity index is 1.12. The molecule has 1 N–H and O–H groups in total. The summed E-state index contributed by atoms with van der Waals surface area (Å²) in [4.78, 5) is 13.2. The fourth-order valence-electron chi connectivity index (χ4n) is 14.2. The normalized spacial score (nSPS) is 40.9. The van der Waals surface area contributed by atoms with Gasteiger partial charge in [-0.3, -0.25) is 4.79 Å². The SMILES string of the molecule is C=C(C)C1CC[C@]2(CO)CC[C@]3(C)[C@@H](CC[C@H]4[C@@]5(C)CCC(OC(=O)CCCCCCCCCCCCCCC)C(C)(C)[C@@H]5CC[C@]43C)[C@H]12. The Labute approximate surface area is 304 Å². The first-order valence-electron chi connectivity index (χ1n) is 21.8. The van der Waals surface area contributed by atoms with Gasteiger partial charge in [-0.05, 0) is 129 Å². The second-order valence-corrected chi connectivity index (χ2v) is 20.0. The van der Waals surface area contributed by atoms with E-state index in [1.54, 1.807) is 0 Å². The molecule has 10 atom stereocenters. The van der Waals surface area contributed by atoms with Crippen molar-refractivity contribution in [3.05, 3.63) is 12.2 Å². The Morgan fingerprint density at radius 2 is 1.31 bits per heavy atom. The number of rotatable bonds is 17. The third-order valence-electron chi connectivity index (χ3n) is 17.3. The highest BCUT2D eigenvalue weighted by molar-refractivity contribution is 5.69. The van der Waals surface area contributed by atoms with Crippen molar-refractivity contribution in [2.45, 2.75) is 209 Å². The van der Waals surface area contributed by atoms with Crippen molar-refractivity contribution in [1.29, 1.82) is 0 Å². The van der Waals surface area contributed by atoms with Crippen LogP contribution in [0.1, 0.15) is 203 Å². The molecule has 3 nitrogen and oxygen atoms in total. The second kappa shape index (κ2) is 16.0. The first kappa shape index (κ1) is 39.4. The minimum atomic E-state index is 0.00680. The number of allylic oxidation sites excluding steroid dienone is 1. The van der Waals surface area contributed by atoms with Crippen molar-refractivity contribution in [2.75, 3.05) is 6.61 Å². The fraction of sp³-hybridized carbons (Fsp3) is 0.935. The van der Waals surface area contributed by atoms with E-state index in [2.05, 4.69) is 55.0 Å². The van der Waals surface area contributed by atoms with E-state index >= 15 is 0 Å². The maximum Gasteiger partial charge on any atom is 0.306 e. The van der Waals surface area contributed by atoms with Crippen molar-refractivity contribution in [1.82, 2.24) is 0 Å². The largest absolute Gasteiger partial charge is 0.462 e. The molecule has 0 aromatic carbocycles. The van der Waals surface area contributed by atoms with E-state index in [1.807, 2.05) is 0 Å². The van der Waals surface area contributed by atoms with E-state index in [9.17, 15) is 9.90 Å². The van der Waals surface area contributed by atoms with Crippen molar-refractivity contribution in [3.63, 3.8) is 0 Å². The lowest BCUT2D eigenvalue weighted by molar-refractivity contribution is -0.251. The highest BCUT2D eigenvalue weighted by atomic mass is 16.5. The number of hydrogen-bond acceptors (Lipinski definition) is 3. The third kappa shape index (κ3) is 7.38. The average molecular weight is 681 g/mol. The number of fused-ring (bicyclic) bond motifs is 7. The number of unbranched alkanes of at least 4 members (excludes halogenated alkanes) is 12. The van der Waals surface area contributed by atoms with Gasteiger partial charge in [-0.25, -0.2) is 0 Å². The van der Waals surface area contributed by atoms with Gasteiger partial charge in [0.15, 0.2) is 0 Å². The van der Waals surface area contributed by atoms with Crippen LogP contribution in [-0.4, -0.2) is 23.8 Å². The lowest BCUT2D eigenvalue weighted by atomic mass is 9.32. The Bertz CT molecular complexity index is 1110. The fourth-order valence-corrected chi connectivity index (χ4v) is 14.2. The molecule has 0 aliphatic heterocycles. The molecule has 0 amide bonds. The van der Waals surface area contributed by atoms with Crippen LogP contribution in [0.5, 0.6) is 0 Å². The van der Waals surface area contributed by atoms with Gasteiger partial charge in [-0.2, -0.15) is 0 Å². The summed E-state index contributed by atoms with van der Waals surface area (Å²) in [6.45, 7) is 22.3. The van der Waals surface area contributed by atoms with Gasteiger partial charge in [0, 0.05) is 18.4 Å². The van der Waals surface area contributed by atoms with E-state index in [0.29, 0.717) is 53.4 Å². The Morgan fingerprint density at radius 3 is 1.90 bits per heavy atom. The summed E-state index contributed by atoms with van der Waals surface area (Å²) in [5, 5.41) is 10.8. The molecule has 5 aliphatic carbocycles. The van der Waals surface area contributed by atoms with E-state index in [0.717, 1.165) is 19.3 Å². The standard InChI is InChI=1S/C46H80O3/c1-9-10-11-12-13-14-15-16-17-18-19-20-21-22-40(48)49-39-27-28-43(6)37(42(39,4)5)26-29-45(8)38(43)24-23-36-41-35(34(2)3)25-30-46(41,33-47)32-31-44(36,45)7/h35-39,41,47H,2,9-33H2,1,3-8H3/t35?,36-,37-,38-,39?,41-,43-,44+,45+,46+/m0/s1. The molecule has 5 saturated carbocycles. The predicted molar refractivity (Wildman–Crippen MR) is 206 cm³/mol. The topological polar surface area (TPSA) is 46.5 Å². The summed E-state index contributed by atoms with van der Waals surface area (Å²) in [7, 11) is 0. The van der Waals surface area contributed by atoms with Crippen molar-refractivity contribution in [2.24, 2.45) is 56.7 Å². The number of hydrogen-bond donors (Lipinski definition) is 1. The van der Waals surface area contributed by atoms with Gasteiger partial charge in [0.25, 0.3) is 0 Å². The van der Waals surface area contributed by atoms with Gasteiger partial charge in [-0.15, -0.1) is 0 Å². The molecule has 0 radical (unpaired) electrons. The molecule has 2 unspecified atom stereocenters. The molecule has 0 spiro atoms. The number of esters is 1. The smallest absolute Gasteiger partial charge is 0.306 e. The van der Waals surface area contributed by atoms with Crippen molar-refractivity contribution < 1.29 is 14.6 Å². The Hall–Kier alpha value is -0.830. The Kier molecular flexibility index (Phi) is 12.9. The molecule has 282 valence electrons. The van der Waals surface area contributed by atoms with Crippen LogP contribution in [0.4, 0.5) is 0 Å². The number of aliphatic hydroxyl groups is 1. The summed E-state index contributed by atoms with van der Waals surface area (Å²) >= 11 is 0. The highest BCUT2D eigenvalue weighted by Crippen LogP contribution is 2.77. The zero-order valence-corrected chi connectivity index (χ0v) is 33.6.